The summed E-state index contributed by atoms with van der Waals surface area (Å²) in [5.41, 5.74) is 3.15. The van der Waals surface area contributed by atoms with Crippen molar-refractivity contribution < 1.29 is 9.21 Å². The average molecular weight is 294 g/mol. The molecule has 0 radical (unpaired) electrons. The van der Waals surface area contributed by atoms with Crippen LogP contribution < -0.4 is 11.1 Å². The van der Waals surface area contributed by atoms with E-state index in [2.05, 4.69) is 10.3 Å². The van der Waals surface area contributed by atoms with Crippen molar-refractivity contribution in [1.29, 1.82) is 0 Å². The molecule has 1 heterocycles. The van der Waals surface area contributed by atoms with Crippen LogP contribution in [0.1, 0.15) is 12.5 Å². The Balaban J connectivity index is 1.80. The van der Waals surface area contributed by atoms with Gasteiger partial charge in [0.1, 0.15) is 0 Å². The van der Waals surface area contributed by atoms with Crippen molar-refractivity contribution in [3.05, 3.63) is 70.2 Å². The Morgan fingerprint density at radius 2 is 1.95 bits per heavy atom. The number of hydrogen-bond acceptors (Lipinski definition) is 3. The van der Waals surface area contributed by atoms with Gasteiger partial charge in [-0.3, -0.25) is 9.78 Å². The molecule has 3 aromatic rings. The Hall–Kier alpha value is -3.08. The minimum absolute atomic E-state index is 0.200. The van der Waals surface area contributed by atoms with Gasteiger partial charge < -0.3 is 9.73 Å². The maximum absolute atomic E-state index is 12.2. The Morgan fingerprint density at radius 1 is 1.18 bits per heavy atom. The van der Waals surface area contributed by atoms with Crippen LogP contribution in [-0.4, -0.2) is 10.9 Å². The van der Waals surface area contributed by atoms with Crippen LogP contribution in [0.25, 0.3) is 17.2 Å². The van der Waals surface area contributed by atoms with E-state index in [1.807, 2.05) is 36.4 Å². The smallest absolute Gasteiger partial charge is 0.408 e. The highest BCUT2D eigenvalue weighted by molar-refractivity contribution is 6.06. The maximum atomic E-state index is 12.2. The van der Waals surface area contributed by atoms with Gasteiger partial charge in [0.05, 0.1) is 5.52 Å². The lowest BCUT2D eigenvalue weighted by Crippen LogP contribution is -2.12. The molecule has 0 saturated carbocycles. The Kier molecular flexibility index (Phi) is 3.62. The van der Waals surface area contributed by atoms with Crippen LogP contribution in [0.5, 0.6) is 0 Å². The lowest BCUT2D eigenvalue weighted by Gasteiger charge is -2.05. The fraction of sp³-hybridized carbons (Fsp3) is 0.0588. The third kappa shape index (κ3) is 2.98. The molecule has 0 aliphatic rings. The summed E-state index contributed by atoms with van der Waals surface area (Å²) in [5, 5.41) is 2.79. The molecule has 1 amide bonds. The Labute approximate surface area is 126 Å². The Morgan fingerprint density at radius 3 is 2.73 bits per heavy atom. The molecule has 0 unspecified atom stereocenters. The minimum atomic E-state index is -0.515. The van der Waals surface area contributed by atoms with Crippen LogP contribution >= 0.6 is 0 Å². The Bertz CT molecular complexity index is 904. The molecule has 0 bridgehead atoms. The number of carbonyl (C=O) groups excluding carboxylic acids is 1. The molecule has 0 atom stereocenters. The molecule has 2 aromatic carbocycles. The lowest BCUT2D eigenvalue weighted by atomic mass is 10.1. The van der Waals surface area contributed by atoms with Crippen molar-refractivity contribution in [2.24, 2.45) is 0 Å². The van der Waals surface area contributed by atoms with E-state index in [-0.39, 0.29) is 5.91 Å². The molecule has 1 aromatic heterocycles. The highest BCUT2D eigenvalue weighted by Gasteiger charge is 2.07. The number of nitrogens with one attached hydrogen (secondary N) is 2. The topological polar surface area (TPSA) is 75.1 Å². The molecule has 5 nitrogen and oxygen atoms in total. The first-order valence-electron chi connectivity index (χ1n) is 6.79. The predicted molar refractivity (Wildman–Crippen MR) is 85.6 cm³/mol. The molecule has 0 aliphatic heterocycles. The molecule has 0 fully saturated rings. The summed E-state index contributed by atoms with van der Waals surface area (Å²) in [5.74, 6) is -0.715. The number of amides is 1. The predicted octanol–water partition coefficient (Wildman–Crippen LogP) is 3.16. The van der Waals surface area contributed by atoms with E-state index in [0.717, 1.165) is 5.56 Å². The van der Waals surface area contributed by atoms with E-state index in [4.69, 9.17) is 4.42 Å². The summed E-state index contributed by atoms with van der Waals surface area (Å²) >= 11 is 0. The number of aromatic amines is 1. The first kappa shape index (κ1) is 13.9. The van der Waals surface area contributed by atoms with Gasteiger partial charge >= 0.3 is 5.76 Å². The number of H-pyrrole nitrogens is 1. The van der Waals surface area contributed by atoms with Gasteiger partial charge in [0, 0.05) is 11.3 Å². The highest BCUT2D eigenvalue weighted by atomic mass is 16.4. The summed E-state index contributed by atoms with van der Waals surface area (Å²) in [4.78, 5) is 25.9. The molecule has 2 N–H and O–H groups in total. The van der Waals surface area contributed by atoms with E-state index >= 15 is 0 Å². The van der Waals surface area contributed by atoms with Crippen LogP contribution in [0, 0.1) is 0 Å². The van der Waals surface area contributed by atoms with Crippen molar-refractivity contribution >= 4 is 28.8 Å². The maximum Gasteiger partial charge on any atom is 0.417 e. The van der Waals surface area contributed by atoms with Gasteiger partial charge in [-0.1, -0.05) is 30.3 Å². The molecular weight excluding hydrogens is 280 g/mol. The van der Waals surface area contributed by atoms with Crippen LogP contribution in [0.3, 0.4) is 0 Å². The quantitative estimate of drug-likeness (QED) is 0.729. The molecule has 0 aliphatic carbocycles. The van der Waals surface area contributed by atoms with Crippen molar-refractivity contribution in [2.45, 2.75) is 6.92 Å². The monoisotopic (exact) mass is 294 g/mol. The molecular formula is C17H14N2O3. The van der Waals surface area contributed by atoms with Crippen LogP contribution in [-0.2, 0) is 4.79 Å². The van der Waals surface area contributed by atoms with Crippen LogP contribution in [0.4, 0.5) is 5.69 Å². The minimum Gasteiger partial charge on any atom is -0.408 e. The number of oxazole rings is 1. The van der Waals surface area contributed by atoms with E-state index < -0.39 is 5.76 Å². The number of anilines is 1. The highest BCUT2D eigenvalue weighted by Crippen LogP contribution is 2.17. The summed E-state index contributed by atoms with van der Waals surface area (Å²) in [6, 6.07) is 14.6. The first-order valence-corrected chi connectivity index (χ1v) is 6.79. The molecule has 0 saturated heterocycles. The second-order valence-corrected chi connectivity index (χ2v) is 4.92. The van der Waals surface area contributed by atoms with Crippen LogP contribution in [0.15, 0.2) is 63.3 Å². The number of fused-ring (bicyclic) bond motifs is 1. The van der Waals surface area contributed by atoms with Crippen molar-refractivity contribution in [3.63, 3.8) is 0 Å². The molecule has 110 valence electrons. The molecule has 0 spiro atoms. The zero-order chi connectivity index (χ0) is 15.5. The molecule has 3 rings (SSSR count). The van der Waals surface area contributed by atoms with Crippen molar-refractivity contribution in [3.8, 4) is 0 Å². The van der Waals surface area contributed by atoms with Gasteiger partial charge in [0.2, 0.25) is 0 Å². The lowest BCUT2D eigenvalue weighted by molar-refractivity contribution is -0.112. The summed E-state index contributed by atoms with van der Waals surface area (Å²) in [7, 11) is 0. The van der Waals surface area contributed by atoms with Gasteiger partial charge in [0.25, 0.3) is 5.91 Å². The fourth-order valence-electron chi connectivity index (χ4n) is 2.12. The van der Waals surface area contributed by atoms with E-state index in [0.29, 0.717) is 22.4 Å². The zero-order valence-electron chi connectivity index (χ0n) is 11.9. The molecule has 5 heteroatoms. The number of rotatable bonds is 3. The average Bonchev–Trinajstić information content (AvgIpc) is 2.87. The fourth-order valence-corrected chi connectivity index (χ4v) is 2.12. The second kappa shape index (κ2) is 5.73. The zero-order valence-corrected chi connectivity index (χ0v) is 11.9. The third-order valence-electron chi connectivity index (χ3n) is 3.22. The summed E-state index contributed by atoms with van der Waals surface area (Å²) in [6.07, 6.45) is 1.81. The number of hydrogen-bond donors (Lipinski definition) is 2. The van der Waals surface area contributed by atoms with E-state index in [1.165, 1.54) is 0 Å². The van der Waals surface area contributed by atoms with Gasteiger partial charge in [-0.15, -0.1) is 0 Å². The second-order valence-electron chi connectivity index (χ2n) is 4.92. The van der Waals surface area contributed by atoms with E-state index in [9.17, 15) is 9.59 Å². The van der Waals surface area contributed by atoms with Crippen molar-refractivity contribution in [2.75, 3.05) is 5.32 Å². The first-order chi connectivity index (χ1) is 10.6. The summed E-state index contributed by atoms with van der Waals surface area (Å²) in [6.45, 7) is 1.75. The number of benzene rings is 2. The van der Waals surface area contributed by atoms with E-state index in [1.54, 1.807) is 25.1 Å². The van der Waals surface area contributed by atoms with Gasteiger partial charge in [-0.25, -0.2) is 4.79 Å². The van der Waals surface area contributed by atoms with Crippen LogP contribution in [0.2, 0.25) is 0 Å². The number of carbonyl (C=O) groups is 1. The SMILES string of the molecule is C/C(=C\c1ccccc1)C(=O)Nc1ccc2oc(=O)[nH]c2c1. The number of aromatic nitrogens is 1. The third-order valence-corrected chi connectivity index (χ3v) is 3.22. The molecule has 22 heavy (non-hydrogen) atoms. The largest absolute Gasteiger partial charge is 0.417 e. The summed E-state index contributed by atoms with van der Waals surface area (Å²) < 4.78 is 4.92. The normalized spacial score (nSPS) is 11.6. The van der Waals surface area contributed by atoms with Crippen molar-refractivity contribution in [1.82, 2.24) is 4.98 Å². The van der Waals surface area contributed by atoms with Gasteiger partial charge in [0.15, 0.2) is 5.58 Å². The van der Waals surface area contributed by atoms with Gasteiger partial charge in [-0.05, 0) is 36.8 Å². The van der Waals surface area contributed by atoms with Gasteiger partial charge in [-0.2, -0.15) is 0 Å². The standard InChI is InChI=1S/C17H14N2O3/c1-11(9-12-5-3-2-4-6-12)16(20)18-13-7-8-15-14(10-13)19-17(21)22-15/h2-10H,1H3,(H,18,20)(H,19,21)/b11-9+.